The lowest BCUT2D eigenvalue weighted by atomic mass is 9.48. The number of benzene rings is 3. The summed E-state index contributed by atoms with van der Waals surface area (Å²) in [4.78, 5) is 19.7. The highest BCUT2D eigenvalue weighted by molar-refractivity contribution is 5.93. The van der Waals surface area contributed by atoms with Crippen molar-refractivity contribution in [2.75, 3.05) is 25.0 Å². The number of rotatable bonds is 9. The van der Waals surface area contributed by atoms with Crippen molar-refractivity contribution >= 4 is 11.7 Å². The number of aryl methyl sites for hydroxylation is 1. The molecule has 2 aliphatic heterocycles. The first-order valence-corrected chi connectivity index (χ1v) is 17.1. The van der Waals surface area contributed by atoms with E-state index in [1.165, 1.54) is 24.0 Å². The Labute approximate surface area is 274 Å². The van der Waals surface area contributed by atoms with E-state index in [0.717, 1.165) is 72.6 Å². The van der Waals surface area contributed by atoms with E-state index in [2.05, 4.69) is 52.7 Å². The number of para-hydroxylation sites is 1. The molecule has 9 rings (SSSR count). The molecule has 1 spiro atoms. The second kappa shape index (κ2) is 10.8. The van der Waals surface area contributed by atoms with Crippen molar-refractivity contribution in [1.82, 2.24) is 9.88 Å². The van der Waals surface area contributed by atoms with E-state index in [9.17, 15) is 9.90 Å². The van der Waals surface area contributed by atoms with Crippen LogP contribution in [0.4, 0.5) is 10.5 Å². The number of fused-ring (bicyclic) bond motifs is 2. The minimum absolute atomic E-state index is 0.170. The number of amides is 2. The van der Waals surface area contributed by atoms with Crippen LogP contribution in [0, 0.1) is 5.92 Å². The summed E-state index contributed by atoms with van der Waals surface area (Å²) in [5.74, 6) is 1.55. The van der Waals surface area contributed by atoms with E-state index < -0.39 is 17.0 Å². The molecule has 8 heteroatoms. The molecule has 1 saturated heterocycles. The summed E-state index contributed by atoms with van der Waals surface area (Å²) in [6, 6.07) is 24.0. The average molecular weight is 629 g/mol. The number of pyridine rings is 1. The summed E-state index contributed by atoms with van der Waals surface area (Å²) < 4.78 is 14.4. The standard InChI is InChI=1S/C39H40N4O4/c40-37(45)42-30-11-5-4-10-29(30)28-19-27-21-39(46-18-6-9-24-7-2-1-3-8-24)32-20-26-14-15-31(44)35-33(26)38(39,36(47-35)34(27)41-22-28)16-17-43(32)23-25-12-13-25/h1-5,7-8,10-11,14-15,19,22,25,32,36,44H,6,9,12-13,16-18,20-21,23H2,(H3,40,42,45)/t32-,36+,38+,39-/m1/s1. The molecular formula is C39H40N4O4. The topological polar surface area (TPSA) is 110 Å². The number of piperidine rings is 1. The maximum Gasteiger partial charge on any atom is 0.316 e. The molecule has 240 valence electrons. The van der Waals surface area contributed by atoms with Gasteiger partial charge in [-0.25, -0.2) is 4.79 Å². The van der Waals surface area contributed by atoms with Crippen LogP contribution in [0.3, 0.4) is 0 Å². The normalized spacial score (nSPS) is 26.6. The Morgan fingerprint density at radius 1 is 1.09 bits per heavy atom. The number of phenols is 1. The number of phenolic OH excluding ortho intramolecular Hbond substituents is 1. The summed E-state index contributed by atoms with van der Waals surface area (Å²) in [6.07, 6.45) is 8.41. The first kappa shape index (κ1) is 28.8. The number of carbonyl (C=O) groups is 1. The Balaban J connectivity index is 1.18. The van der Waals surface area contributed by atoms with Crippen LogP contribution in [-0.4, -0.2) is 52.4 Å². The van der Waals surface area contributed by atoms with Gasteiger partial charge >= 0.3 is 6.03 Å². The third-order valence-electron chi connectivity index (χ3n) is 11.5. The molecule has 4 aromatic rings. The predicted octanol–water partition coefficient (Wildman–Crippen LogP) is 6.30. The van der Waals surface area contributed by atoms with Crippen LogP contribution in [-0.2, 0) is 29.4 Å². The van der Waals surface area contributed by atoms with Crippen molar-refractivity contribution in [1.29, 1.82) is 0 Å². The third kappa shape index (κ3) is 4.41. The fourth-order valence-electron chi connectivity index (χ4n) is 9.38. The number of anilines is 1. The van der Waals surface area contributed by atoms with Crippen LogP contribution >= 0.6 is 0 Å². The van der Waals surface area contributed by atoms with E-state index >= 15 is 0 Å². The van der Waals surface area contributed by atoms with Gasteiger partial charge in [0.15, 0.2) is 17.6 Å². The number of likely N-dealkylation sites (tertiary alicyclic amines) is 1. The number of nitrogens with one attached hydrogen (secondary N) is 1. The van der Waals surface area contributed by atoms with Crippen molar-refractivity contribution in [3.8, 4) is 22.6 Å². The summed E-state index contributed by atoms with van der Waals surface area (Å²) in [5, 5.41) is 14.0. The highest BCUT2D eigenvalue weighted by Crippen LogP contribution is 2.69. The van der Waals surface area contributed by atoms with Crippen LogP contribution in [0.15, 0.2) is 79.0 Å². The summed E-state index contributed by atoms with van der Waals surface area (Å²) in [7, 11) is 0. The number of urea groups is 1. The summed E-state index contributed by atoms with van der Waals surface area (Å²) in [6.45, 7) is 2.71. The number of carbonyl (C=O) groups excluding carboxylic acids is 1. The van der Waals surface area contributed by atoms with Crippen LogP contribution < -0.4 is 15.8 Å². The highest BCUT2D eigenvalue weighted by atomic mass is 16.5. The van der Waals surface area contributed by atoms with Gasteiger partial charge in [0.2, 0.25) is 0 Å². The lowest BCUT2D eigenvalue weighted by molar-refractivity contribution is -0.205. The first-order chi connectivity index (χ1) is 23.0. The lowest BCUT2D eigenvalue weighted by Crippen LogP contribution is -2.75. The fourth-order valence-corrected chi connectivity index (χ4v) is 9.38. The SMILES string of the molecule is NC(=O)Nc1ccccc1-c1cnc2c(c1)C[C@@]1(OCCCc3ccccc3)[C@H]3Cc4ccc(O)c5c4[C@@]1(CCN3CC1CC1)[C@H]2O5. The lowest BCUT2D eigenvalue weighted by Gasteiger charge is -2.64. The number of nitrogens with two attached hydrogens (primary N) is 1. The van der Waals surface area contributed by atoms with Gasteiger partial charge in [-0.05, 0) is 85.9 Å². The van der Waals surface area contributed by atoms with Gasteiger partial charge < -0.3 is 25.6 Å². The van der Waals surface area contributed by atoms with E-state index in [-0.39, 0.29) is 17.9 Å². The number of aromatic nitrogens is 1. The number of hydrogen-bond donors (Lipinski definition) is 3. The molecule has 0 radical (unpaired) electrons. The Morgan fingerprint density at radius 3 is 2.74 bits per heavy atom. The molecule has 2 amide bonds. The third-order valence-corrected chi connectivity index (χ3v) is 11.5. The number of nitrogens with zero attached hydrogens (tertiary/aromatic N) is 2. The van der Waals surface area contributed by atoms with Gasteiger partial charge in [0, 0.05) is 48.5 Å². The van der Waals surface area contributed by atoms with E-state index in [4.69, 9.17) is 20.2 Å². The van der Waals surface area contributed by atoms with Gasteiger partial charge in [-0.2, -0.15) is 0 Å². The van der Waals surface area contributed by atoms with Gasteiger partial charge in [0.1, 0.15) is 5.60 Å². The molecule has 3 heterocycles. The van der Waals surface area contributed by atoms with E-state index in [1.807, 2.05) is 30.5 Å². The van der Waals surface area contributed by atoms with Crippen molar-refractivity contribution in [3.05, 3.63) is 107 Å². The van der Waals surface area contributed by atoms with Gasteiger partial charge in [-0.1, -0.05) is 54.6 Å². The van der Waals surface area contributed by atoms with Crippen LogP contribution in [0.25, 0.3) is 11.1 Å². The predicted molar refractivity (Wildman–Crippen MR) is 180 cm³/mol. The van der Waals surface area contributed by atoms with Gasteiger partial charge in [-0.3, -0.25) is 9.88 Å². The van der Waals surface area contributed by atoms with E-state index in [1.54, 1.807) is 6.07 Å². The minimum atomic E-state index is -0.605. The zero-order valence-corrected chi connectivity index (χ0v) is 26.5. The van der Waals surface area contributed by atoms with Crippen molar-refractivity contribution in [2.45, 2.75) is 68.1 Å². The van der Waals surface area contributed by atoms with Gasteiger partial charge in [0.25, 0.3) is 0 Å². The highest BCUT2D eigenvalue weighted by Gasteiger charge is 2.74. The number of hydrogen-bond acceptors (Lipinski definition) is 6. The van der Waals surface area contributed by atoms with Crippen LogP contribution in [0.5, 0.6) is 11.5 Å². The molecule has 1 aromatic heterocycles. The molecule has 3 aliphatic carbocycles. The monoisotopic (exact) mass is 628 g/mol. The zero-order chi connectivity index (χ0) is 31.8. The number of aromatic hydroxyl groups is 1. The number of ether oxygens (including phenoxy) is 2. The molecule has 4 N–H and O–H groups in total. The Bertz CT molecular complexity index is 1880. The second-order valence-corrected chi connectivity index (χ2v) is 14.1. The first-order valence-electron chi connectivity index (χ1n) is 17.1. The summed E-state index contributed by atoms with van der Waals surface area (Å²) in [5.41, 5.74) is 12.6. The molecule has 47 heavy (non-hydrogen) atoms. The molecule has 2 fully saturated rings. The van der Waals surface area contributed by atoms with Crippen molar-refractivity contribution < 1.29 is 19.4 Å². The maximum atomic E-state index is 11.9. The average Bonchev–Trinajstić information content (AvgIpc) is 3.82. The molecular weight excluding hydrogens is 588 g/mol. The maximum absolute atomic E-state index is 11.9. The number of primary amides is 1. The van der Waals surface area contributed by atoms with Crippen molar-refractivity contribution in [3.63, 3.8) is 0 Å². The molecule has 5 aliphatic rings. The van der Waals surface area contributed by atoms with Gasteiger partial charge in [0.05, 0.1) is 16.8 Å². The zero-order valence-electron chi connectivity index (χ0n) is 26.5. The molecule has 8 nitrogen and oxygen atoms in total. The Morgan fingerprint density at radius 2 is 1.91 bits per heavy atom. The molecule has 3 aromatic carbocycles. The summed E-state index contributed by atoms with van der Waals surface area (Å²) >= 11 is 0. The van der Waals surface area contributed by atoms with Crippen LogP contribution in [0.2, 0.25) is 0 Å². The van der Waals surface area contributed by atoms with Crippen LogP contribution in [0.1, 0.15) is 59.7 Å². The quantitative estimate of drug-likeness (QED) is 0.188. The Kier molecular flexibility index (Phi) is 6.63. The Hall–Kier alpha value is -4.40. The molecule has 4 atom stereocenters. The second-order valence-electron chi connectivity index (χ2n) is 14.1. The largest absolute Gasteiger partial charge is 0.504 e. The molecule has 0 unspecified atom stereocenters. The van der Waals surface area contributed by atoms with E-state index in [0.29, 0.717) is 24.5 Å². The smallest absolute Gasteiger partial charge is 0.316 e. The molecule has 1 saturated carbocycles. The van der Waals surface area contributed by atoms with Crippen molar-refractivity contribution in [2.24, 2.45) is 11.7 Å². The molecule has 2 bridgehead atoms. The fraction of sp³-hybridized carbons (Fsp3) is 0.385. The minimum Gasteiger partial charge on any atom is -0.504 e. The van der Waals surface area contributed by atoms with Gasteiger partial charge in [-0.15, -0.1) is 0 Å².